The Morgan fingerprint density at radius 2 is 2.35 bits per heavy atom. The highest BCUT2D eigenvalue weighted by atomic mass is 16.5. The van der Waals surface area contributed by atoms with E-state index in [1.165, 1.54) is 0 Å². The number of nitrogens with one attached hydrogen (secondary N) is 1. The second kappa shape index (κ2) is 4.78. The van der Waals surface area contributed by atoms with Crippen molar-refractivity contribution in [1.82, 2.24) is 15.4 Å². The fourth-order valence-electron chi connectivity index (χ4n) is 2.49. The van der Waals surface area contributed by atoms with Gasteiger partial charge in [-0.2, -0.15) is 0 Å². The van der Waals surface area contributed by atoms with E-state index < -0.39 is 0 Å². The molecular formula is C13H23N3O. The summed E-state index contributed by atoms with van der Waals surface area (Å²) in [6, 6.07) is 2.62. The highest BCUT2D eigenvalue weighted by molar-refractivity contribution is 5.04. The lowest BCUT2D eigenvalue weighted by molar-refractivity contribution is 0.0772. The highest BCUT2D eigenvalue weighted by Gasteiger charge is 2.31. The van der Waals surface area contributed by atoms with Crippen LogP contribution in [0.3, 0.4) is 0 Å². The van der Waals surface area contributed by atoms with Crippen LogP contribution in [0, 0.1) is 6.92 Å². The van der Waals surface area contributed by atoms with E-state index in [-0.39, 0.29) is 5.54 Å². The van der Waals surface area contributed by atoms with Gasteiger partial charge >= 0.3 is 0 Å². The molecule has 4 nitrogen and oxygen atoms in total. The molecule has 1 saturated heterocycles. The highest BCUT2D eigenvalue weighted by Crippen LogP contribution is 2.20. The molecule has 1 N–H and O–H groups in total. The predicted molar refractivity (Wildman–Crippen MR) is 67.8 cm³/mol. The van der Waals surface area contributed by atoms with E-state index in [2.05, 4.69) is 36.1 Å². The molecule has 0 aromatic carbocycles. The normalized spacial score (nSPS) is 25.1. The lowest BCUT2D eigenvalue weighted by atomic mass is 9.97. The molecule has 2 rings (SSSR count). The molecule has 4 heteroatoms. The van der Waals surface area contributed by atoms with Gasteiger partial charge in [0.1, 0.15) is 0 Å². The molecule has 1 atom stereocenters. The van der Waals surface area contributed by atoms with Crippen molar-refractivity contribution in [2.24, 2.45) is 0 Å². The fraction of sp³-hybridized carbons (Fsp3) is 0.769. The van der Waals surface area contributed by atoms with Gasteiger partial charge < -0.3 is 9.84 Å². The number of piperazine rings is 1. The van der Waals surface area contributed by atoms with Crippen molar-refractivity contribution in [3.8, 4) is 0 Å². The summed E-state index contributed by atoms with van der Waals surface area (Å²) in [6.07, 6.45) is 1.16. The van der Waals surface area contributed by atoms with Gasteiger partial charge in [0.05, 0.1) is 12.2 Å². The average Bonchev–Trinajstić information content (AvgIpc) is 2.63. The second-order valence-corrected chi connectivity index (χ2v) is 5.67. The maximum absolute atomic E-state index is 5.32. The van der Waals surface area contributed by atoms with Crippen molar-refractivity contribution < 1.29 is 4.52 Å². The zero-order chi connectivity index (χ0) is 12.5. The van der Waals surface area contributed by atoms with Gasteiger partial charge in [0, 0.05) is 30.7 Å². The van der Waals surface area contributed by atoms with Gasteiger partial charge in [0.25, 0.3) is 0 Å². The van der Waals surface area contributed by atoms with E-state index in [4.69, 9.17) is 4.52 Å². The molecule has 1 aromatic heterocycles. The van der Waals surface area contributed by atoms with E-state index >= 15 is 0 Å². The molecule has 96 valence electrons. The molecule has 1 aliphatic rings. The van der Waals surface area contributed by atoms with Crippen LogP contribution in [0.2, 0.25) is 0 Å². The van der Waals surface area contributed by atoms with Gasteiger partial charge in [0.15, 0.2) is 5.76 Å². The third-order valence-corrected chi connectivity index (χ3v) is 3.44. The first kappa shape index (κ1) is 12.6. The molecule has 0 spiro atoms. The van der Waals surface area contributed by atoms with Crippen LogP contribution in [0.5, 0.6) is 0 Å². The third kappa shape index (κ3) is 3.07. The first-order valence-corrected chi connectivity index (χ1v) is 6.41. The molecule has 0 radical (unpaired) electrons. The monoisotopic (exact) mass is 237 g/mol. The predicted octanol–water partition coefficient (Wildman–Crippen LogP) is 1.95. The second-order valence-electron chi connectivity index (χ2n) is 5.67. The largest absolute Gasteiger partial charge is 0.360 e. The van der Waals surface area contributed by atoms with Gasteiger partial charge in [-0.1, -0.05) is 12.1 Å². The maximum Gasteiger partial charge on any atom is 0.150 e. The molecule has 0 aliphatic carbocycles. The summed E-state index contributed by atoms with van der Waals surface area (Å²) in [6.45, 7) is 11.7. The van der Waals surface area contributed by atoms with Gasteiger partial charge in [-0.15, -0.1) is 0 Å². The molecule has 0 bridgehead atoms. The Hall–Kier alpha value is -0.870. The lowest BCUT2D eigenvalue weighted by Gasteiger charge is -2.44. The summed E-state index contributed by atoms with van der Waals surface area (Å²) in [7, 11) is 0. The molecular weight excluding hydrogens is 214 g/mol. The Morgan fingerprint density at radius 3 is 2.94 bits per heavy atom. The van der Waals surface area contributed by atoms with Crippen LogP contribution in [-0.4, -0.2) is 34.7 Å². The van der Waals surface area contributed by atoms with Crippen molar-refractivity contribution >= 4 is 0 Å². The zero-order valence-corrected chi connectivity index (χ0v) is 11.3. The molecule has 1 fully saturated rings. The summed E-state index contributed by atoms with van der Waals surface area (Å²) >= 11 is 0. The summed E-state index contributed by atoms with van der Waals surface area (Å²) in [4.78, 5) is 2.50. The van der Waals surface area contributed by atoms with Gasteiger partial charge in [-0.25, -0.2) is 0 Å². The first-order valence-electron chi connectivity index (χ1n) is 6.41. The molecule has 1 aromatic rings. The van der Waals surface area contributed by atoms with Crippen LogP contribution in [0.15, 0.2) is 10.6 Å². The standard InChI is InChI=1S/C13H23N3O/c1-5-11-7-14-13(3,4)9-16(11)8-12-6-10(2)15-17-12/h6,11,14H,5,7-9H2,1-4H3. The minimum Gasteiger partial charge on any atom is -0.360 e. The smallest absolute Gasteiger partial charge is 0.150 e. The number of nitrogens with zero attached hydrogens (tertiary/aromatic N) is 2. The van der Waals surface area contributed by atoms with Crippen LogP contribution in [0.25, 0.3) is 0 Å². The van der Waals surface area contributed by atoms with Crippen molar-refractivity contribution in [2.75, 3.05) is 13.1 Å². The van der Waals surface area contributed by atoms with E-state index in [9.17, 15) is 0 Å². The van der Waals surface area contributed by atoms with Crippen molar-refractivity contribution in [1.29, 1.82) is 0 Å². The Kier molecular flexibility index (Phi) is 3.54. The van der Waals surface area contributed by atoms with Crippen LogP contribution < -0.4 is 5.32 Å². The van der Waals surface area contributed by atoms with Gasteiger partial charge in [-0.3, -0.25) is 4.90 Å². The van der Waals surface area contributed by atoms with E-state index in [0.29, 0.717) is 6.04 Å². The van der Waals surface area contributed by atoms with Gasteiger partial charge in [0.2, 0.25) is 0 Å². The molecule has 0 saturated carbocycles. The molecule has 2 heterocycles. The molecule has 0 amide bonds. The number of aromatic nitrogens is 1. The SMILES string of the molecule is CCC1CNC(C)(C)CN1Cc1cc(C)no1. The van der Waals surface area contributed by atoms with Crippen LogP contribution in [0.1, 0.15) is 38.6 Å². The van der Waals surface area contributed by atoms with Crippen LogP contribution in [-0.2, 0) is 6.54 Å². The summed E-state index contributed by atoms with van der Waals surface area (Å²) < 4.78 is 5.32. The zero-order valence-electron chi connectivity index (χ0n) is 11.3. The molecule has 1 aliphatic heterocycles. The maximum atomic E-state index is 5.32. The van der Waals surface area contributed by atoms with E-state index in [1.807, 2.05) is 13.0 Å². The number of aryl methyl sites for hydroxylation is 1. The van der Waals surface area contributed by atoms with E-state index in [0.717, 1.165) is 37.5 Å². The van der Waals surface area contributed by atoms with Crippen LogP contribution >= 0.6 is 0 Å². The summed E-state index contributed by atoms with van der Waals surface area (Å²) in [5, 5.41) is 7.54. The quantitative estimate of drug-likeness (QED) is 0.872. The topological polar surface area (TPSA) is 41.3 Å². The molecule has 1 unspecified atom stereocenters. The minimum atomic E-state index is 0.181. The van der Waals surface area contributed by atoms with Gasteiger partial charge in [-0.05, 0) is 27.2 Å². The number of hydrogen-bond donors (Lipinski definition) is 1. The first-order chi connectivity index (χ1) is 8.00. The van der Waals surface area contributed by atoms with E-state index in [1.54, 1.807) is 0 Å². The Bertz CT molecular complexity index is 372. The number of rotatable bonds is 3. The summed E-state index contributed by atoms with van der Waals surface area (Å²) in [5.74, 6) is 0.971. The number of hydrogen-bond acceptors (Lipinski definition) is 4. The van der Waals surface area contributed by atoms with Crippen molar-refractivity contribution in [3.63, 3.8) is 0 Å². The average molecular weight is 237 g/mol. The minimum absolute atomic E-state index is 0.181. The third-order valence-electron chi connectivity index (χ3n) is 3.44. The van der Waals surface area contributed by atoms with Crippen LogP contribution in [0.4, 0.5) is 0 Å². The van der Waals surface area contributed by atoms with Crippen molar-refractivity contribution in [2.45, 2.75) is 52.2 Å². The summed E-state index contributed by atoms with van der Waals surface area (Å²) in [5.41, 5.74) is 1.14. The Labute approximate surface area is 103 Å². The Balaban J connectivity index is 2.05. The molecule has 17 heavy (non-hydrogen) atoms. The fourth-order valence-corrected chi connectivity index (χ4v) is 2.49. The Morgan fingerprint density at radius 1 is 1.59 bits per heavy atom. The lowest BCUT2D eigenvalue weighted by Crippen LogP contribution is -2.60. The van der Waals surface area contributed by atoms with Crippen molar-refractivity contribution in [3.05, 3.63) is 17.5 Å².